The number of benzene rings is 1. The van der Waals surface area contributed by atoms with Crippen LogP contribution in [-0.2, 0) is 11.3 Å². The van der Waals surface area contributed by atoms with Gasteiger partial charge < -0.3 is 9.32 Å². The minimum Gasteiger partial charge on any atom is -0.414 e. The van der Waals surface area contributed by atoms with Crippen molar-refractivity contribution in [2.24, 2.45) is 5.92 Å². The minimum atomic E-state index is -0.333. The second kappa shape index (κ2) is 8.13. The van der Waals surface area contributed by atoms with Crippen LogP contribution in [0.5, 0.6) is 0 Å². The third-order valence-electron chi connectivity index (χ3n) is 3.76. The van der Waals surface area contributed by atoms with E-state index in [-0.39, 0.29) is 17.1 Å². The van der Waals surface area contributed by atoms with Crippen LogP contribution < -0.4 is 4.90 Å². The van der Waals surface area contributed by atoms with E-state index in [1.54, 1.807) is 23.0 Å². The highest BCUT2D eigenvalue weighted by Crippen LogP contribution is 2.29. The summed E-state index contributed by atoms with van der Waals surface area (Å²) in [5.41, 5.74) is 0.848. The van der Waals surface area contributed by atoms with Gasteiger partial charge in [0, 0.05) is 12.7 Å². The van der Waals surface area contributed by atoms with Gasteiger partial charge in [0.2, 0.25) is 11.8 Å². The lowest BCUT2D eigenvalue weighted by atomic mass is 10.1. The van der Waals surface area contributed by atoms with Crippen molar-refractivity contribution in [3.63, 3.8) is 0 Å². The molecule has 0 N–H and O–H groups in total. The predicted octanol–water partition coefficient (Wildman–Crippen LogP) is 2.49. The Labute approximate surface area is 155 Å². The lowest BCUT2D eigenvalue weighted by molar-refractivity contribution is -0.118. The van der Waals surface area contributed by atoms with Crippen molar-refractivity contribution in [3.8, 4) is 0 Å². The number of hydrogen-bond donors (Lipinski definition) is 0. The molecule has 0 bridgehead atoms. The Morgan fingerprint density at radius 2 is 2.04 bits per heavy atom. The van der Waals surface area contributed by atoms with E-state index in [0.29, 0.717) is 17.7 Å². The van der Waals surface area contributed by atoms with Gasteiger partial charge in [0.1, 0.15) is 19.2 Å². The van der Waals surface area contributed by atoms with Crippen LogP contribution in [0.4, 0.5) is 5.69 Å². The number of hydrogen-bond acceptors (Lipinski definition) is 7. The summed E-state index contributed by atoms with van der Waals surface area (Å²) in [6, 6.07) is 9.55. The summed E-state index contributed by atoms with van der Waals surface area (Å²) in [6.07, 6.45) is 3.02. The Morgan fingerprint density at radius 1 is 1.27 bits per heavy atom. The van der Waals surface area contributed by atoms with Crippen LogP contribution >= 0.6 is 11.8 Å². The molecule has 0 saturated carbocycles. The first-order valence-corrected chi connectivity index (χ1v) is 9.06. The second-order valence-corrected chi connectivity index (χ2v) is 7.16. The van der Waals surface area contributed by atoms with Crippen LogP contribution in [0, 0.1) is 5.92 Å². The molecule has 3 aromatic rings. The molecule has 26 heavy (non-hydrogen) atoms. The Hall–Kier alpha value is -2.68. The normalized spacial score (nSPS) is 12.3. The molecule has 8 nitrogen and oxygen atoms in total. The fourth-order valence-electron chi connectivity index (χ4n) is 2.35. The van der Waals surface area contributed by atoms with Crippen molar-refractivity contribution in [1.29, 1.82) is 0 Å². The number of anilines is 1. The molecule has 1 unspecified atom stereocenters. The molecule has 9 heteroatoms. The maximum Gasteiger partial charge on any atom is 0.277 e. The van der Waals surface area contributed by atoms with Crippen LogP contribution in [0.25, 0.3) is 0 Å². The smallest absolute Gasteiger partial charge is 0.277 e. The van der Waals surface area contributed by atoms with Gasteiger partial charge in [-0.1, -0.05) is 43.8 Å². The first kappa shape index (κ1) is 18.1. The summed E-state index contributed by atoms with van der Waals surface area (Å²) in [4.78, 5) is 18.5. The fourth-order valence-corrected chi connectivity index (χ4v) is 3.33. The van der Waals surface area contributed by atoms with Gasteiger partial charge in [-0.25, -0.2) is 9.67 Å². The highest BCUT2D eigenvalue weighted by molar-refractivity contribution is 8.00. The molecule has 0 aliphatic rings. The molecule has 2 aromatic heterocycles. The summed E-state index contributed by atoms with van der Waals surface area (Å²) < 4.78 is 7.25. The SMILES string of the molecule is CC(C)C(Sc1nnc(Cn2cncn2)o1)C(=O)N(C)c1ccccc1. The van der Waals surface area contributed by atoms with Gasteiger partial charge >= 0.3 is 0 Å². The van der Waals surface area contributed by atoms with Gasteiger partial charge in [-0.15, -0.1) is 10.2 Å². The lowest BCUT2D eigenvalue weighted by Crippen LogP contribution is -2.37. The predicted molar refractivity (Wildman–Crippen MR) is 97.8 cm³/mol. The van der Waals surface area contributed by atoms with Gasteiger partial charge in [-0.05, 0) is 18.1 Å². The molecule has 0 fully saturated rings. The molecule has 0 saturated heterocycles. The average molecular weight is 372 g/mol. The molecule has 0 aliphatic heterocycles. The highest BCUT2D eigenvalue weighted by atomic mass is 32.2. The van der Waals surface area contributed by atoms with Crippen molar-refractivity contribution >= 4 is 23.4 Å². The second-order valence-electron chi connectivity index (χ2n) is 6.07. The van der Waals surface area contributed by atoms with E-state index in [2.05, 4.69) is 20.3 Å². The Balaban J connectivity index is 1.70. The van der Waals surface area contributed by atoms with E-state index >= 15 is 0 Å². The molecule has 1 amide bonds. The summed E-state index contributed by atoms with van der Waals surface area (Å²) in [7, 11) is 1.78. The van der Waals surface area contributed by atoms with Crippen LogP contribution in [-0.4, -0.2) is 43.2 Å². The number of nitrogens with zero attached hydrogens (tertiary/aromatic N) is 6. The van der Waals surface area contributed by atoms with Crippen LogP contribution in [0.2, 0.25) is 0 Å². The zero-order valence-electron chi connectivity index (χ0n) is 14.8. The van der Waals surface area contributed by atoms with Crippen molar-refractivity contribution < 1.29 is 9.21 Å². The maximum absolute atomic E-state index is 12.9. The summed E-state index contributed by atoms with van der Waals surface area (Å²) in [5.74, 6) is 0.515. The molecule has 1 atom stereocenters. The molecule has 0 aliphatic carbocycles. The minimum absolute atomic E-state index is 0.00720. The van der Waals surface area contributed by atoms with E-state index < -0.39 is 0 Å². The van der Waals surface area contributed by atoms with Crippen molar-refractivity contribution in [3.05, 3.63) is 48.9 Å². The van der Waals surface area contributed by atoms with Gasteiger partial charge in [0.25, 0.3) is 5.22 Å². The Morgan fingerprint density at radius 3 is 2.69 bits per heavy atom. The van der Waals surface area contributed by atoms with Crippen LogP contribution in [0.15, 0.2) is 52.6 Å². The quantitative estimate of drug-likeness (QED) is 0.589. The number of aromatic nitrogens is 5. The summed E-state index contributed by atoms with van der Waals surface area (Å²) in [5, 5.41) is 12.1. The lowest BCUT2D eigenvalue weighted by Gasteiger charge is -2.24. The first-order valence-electron chi connectivity index (χ1n) is 8.18. The Kier molecular flexibility index (Phi) is 5.67. The van der Waals surface area contributed by atoms with Gasteiger partial charge in [-0.2, -0.15) is 5.10 Å². The zero-order chi connectivity index (χ0) is 18.5. The molecular formula is C17H20N6O2S. The maximum atomic E-state index is 12.9. The highest BCUT2D eigenvalue weighted by Gasteiger charge is 2.29. The number of amides is 1. The third kappa shape index (κ3) is 4.29. The van der Waals surface area contributed by atoms with Crippen molar-refractivity contribution in [2.75, 3.05) is 11.9 Å². The van der Waals surface area contributed by atoms with E-state index in [4.69, 9.17) is 4.42 Å². The summed E-state index contributed by atoms with van der Waals surface area (Å²) >= 11 is 1.28. The monoisotopic (exact) mass is 372 g/mol. The number of carbonyl (C=O) groups is 1. The molecule has 136 valence electrons. The standard InChI is InChI=1S/C17H20N6O2S/c1-12(2)15(16(24)22(3)13-7-5-4-6-8-13)26-17-21-20-14(25-17)9-23-11-18-10-19-23/h4-8,10-12,15H,9H2,1-3H3. The third-order valence-corrected chi connectivity index (χ3v) is 5.13. The number of thioether (sulfide) groups is 1. The van der Waals surface area contributed by atoms with E-state index in [1.807, 2.05) is 44.2 Å². The Bertz CT molecular complexity index is 834. The van der Waals surface area contributed by atoms with Gasteiger partial charge in [0.15, 0.2) is 0 Å². The topological polar surface area (TPSA) is 89.9 Å². The fraction of sp³-hybridized carbons (Fsp3) is 0.353. The van der Waals surface area contributed by atoms with Crippen LogP contribution in [0.3, 0.4) is 0 Å². The van der Waals surface area contributed by atoms with Crippen molar-refractivity contribution in [1.82, 2.24) is 25.0 Å². The van der Waals surface area contributed by atoms with Crippen LogP contribution in [0.1, 0.15) is 19.7 Å². The average Bonchev–Trinajstić information content (AvgIpc) is 3.31. The van der Waals surface area contributed by atoms with Gasteiger partial charge in [-0.3, -0.25) is 4.79 Å². The molecule has 1 aromatic carbocycles. The van der Waals surface area contributed by atoms with E-state index in [0.717, 1.165) is 5.69 Å². The van der Waals surface area contributed by atoms with E-state index in [1.165, 1.54) is 18.1 Å². The molecule has 0 radical (unpaired) electrons. The summed E-state index contributed by atoms with van der Waals surface area (Å²) in [6.45, 7) is 4.35. The van der Waals surface area contributed by atoms with Crippen molar-refractivity contribution in [2.45, 2.75) is 30.9 Å². The molecule has 2 heterocycles. The molecule has 0 spiro atoms. The molecular weight excluding hydrogens is 352 g/mol. The number of carbonyl (C=O) groups excluding carboxylic acids is 1. The van der Waals surface area contributed by atoms with Gasteiger partial charge in [0.05, 0.1) is 5.25 Å². The largest absolute Gasteiger partial charge is 0.414 e. The van der Waals surface area contributed by atoms with E-state index in [9.17, 15) is 4.79 Å². The first-order chi connectivity index (χ1) is 12.5. The zero-order valence-corrected chi connectivity index (χ0v) is 15.6. The molecule has 3 rings (SSSR count). The number of para-hydroxylation sites is 1. The number of rotatable bonds is 7.